The SMILES string of the molecule is O=C[Si](Br)(Br)Br. The normalized spacial score (nSPS) is 11.2. The van der Waals surface area contributed by atoms with Crippen LogP contribution in [0.25, 0.3) is 0 Å². The van der Waals surface area contributed by atoms with Crippen LogP contribution in [0.1, 0.15) is 0 Å². The Balaban J connectivity index is 3.45. The third kappa shape index (κ3) is 5.33. The highest BCUT2D eigenvalue weighted by atomic mass is 80.0. The first-order valence-corrected chi connectivity index (χ1v) is 9.94. The number of hydrogen-bond acceptors (Lipinski definition) is 1. The fraction of sp³-hybridized carbons (Fsp3) is 0. The van der Waals surface area contributed by atoms with E-state index in [0.717, 1.165) is 5.91 Å². The van der Waals surface area contributed by atoms with E-state index in [4.69, 9.17) is 0 Å². The Bertz CT molecular complexity index is 56.3. The zero-order chi connectivity index (χ0) is 5.21. The van der Waals surface area contributed by atoms with Gasteiger partial charge in [-0.3, -0.25) is 0 Å². The molecule has 0 aromatic carbocycles. The van der Waals surface area contributed by atoms with Gasteiger partial charge in [0.15, 0.2) is 0 Å². The Morgan fingerprint density at radius 1 is 1.33 bits per heavy atom. The van der Waals surface area contributed by atoms with Gasteiger partial charge in [-0.05, 0) is 0 Å². The quantitative estimate of drug-likeness (QED) is 0.410. The van der Waals surface area contributed by atoms with Gasteiger partial charge in [0.05, 0.1) is 0 Å². The average Bonchev–Trinajstić information content (AvgIpc) is 1.35. The van der Waals surface area contributed by atoms with Gasteiger partial charge in [-0.2, -0.15) is 0 Å². The summed E-state index contributed by atoms with van der Waals surface area (Å²) in [5, 5.41) is 0. The van der Waals surface area contributed by atoms with Crippen molar-refractivity contribution in [2.75, 3.05) is 0 Å². The number of halogens is 3. The van der Waals surface area contributed by atoms with Crippen molar-refractivity contribution >= 4 is 55.7 Å². The number of rotatable bonds is 1. The summed E-state index contributed by atoms with van der Waals surface area (Å²) < 4.78 is -1.87. The molecule has 0 spiro atoms. The Hall–Kier alpha value is 1.33. The van der Waals surface area contributed by atoms with Crippen LogP contribution in [0.3, 0.4) is 0 Å². The number of hydrogen-bond donors (Lipinski definition) is 0. The molecule has 0 heterocycles. The minimum absolute atomic E-state index is 0.826. The van der Waals surface area contributed by atoms with Crippen LogP contribution >= 0.6 is 45.9 Å². The molecule has 0 aliphatic rings. The highest BCUT2D eigenvalue weighted by Crippen LogP contribution is 2.23. The average molecular weight is 297 g/mol. The van der Waals surface area contributed by atoms with Crippen molar-refractivity contribution < 1.29 is 4.79 Å². The van der Waals surface area contributed by atoms with E-state index < -0.39 is 3.93 Å². The van der Waals surface area contributed by atoms with Gasteiger partial charge in [0.2, 0.25) is 0 Å². The minimum atomic E-state index is -1.87. The molecule has 0 aromatic heterocycles. The second kappa shape index (κ2) is 2.59. The molecule has 0 aliphatic heterocycles. The van der Waals surface area contributed by atoms with Crippen molar-refractivity contribution in [2.45, 2.75) is 0 Å². The molecular weight excluding hydrogens is 296 g/mol. The van der Waals surface area contributed by atoms with Crippen LogP contribution in [0.4, 0.5) is 0 Å². The van der Waals surface area contributed by atoms with E-state index >= 15 is 0 Å². The van der Waals surface area contributed by atoms with Gasteiger partial charge in [0.1, 0.15) is 5.91 Å². The molecule has 0 aromatic rings. The largest absolute Gasteiger partial charge is 0.332 e. The van der Waals surface area contributed by atoms with Crippen molar-refractivity contribution in [3.63, 3.8) is 0 Å². The summed E-state index contributed by atoms with van der Waals surface area (Å²) in [5.41, 5.74) is 0. The van der Waals surface area contributed by atoms with Gasteiger partial charge in [-0.1, -0.05) is 45.9 Å². The minimum Gasteiger partial charge on any atom is -0.305 e. The van der Waals surface area contributed by atoms with Gasteiger partial charge < -0.3 is 4.79 Å². The van der Waals surface area contributed by atoms with Crippen LogP contribution < -0.4 is 0 Å². The summed E-state index contributed by atoms with van der Waals surface area (Å²) in [6, 6.07) is 0. The van der Waals surface area contributed by atoms with Gasteiger partial charge in [-0.25, -0.2) is 0 Å². The van der Waals surface area contributed by atoms with Gasteiger partial charge >= 0.3 is 3.93 Å². The fourth-order valence-corrected chi connectivity index (χ4v) is 0. The van der Waals surface area contributed by atoms with Gasteiger partial charge in [0.25, 0.3) is 0 Å². The molecule has 0 saturated heterocycles. The second-order valence-corrected chi connectivity index (χ2v) is 22.8. The summed E-state index contributed by atoms with van der Waals surface area (Å²) >= 11 is 9.24. The molecule has 0 unspecified atom stereocenters. The van der Waals surface area contributed by atoms with Crippen LogP contribution in [-0.2, 0) is 4.79 Å². The monoisotopic (exact) mass is 294 g/mol. The highest BCUT2D eigenvalue weighted by Gasteiger charge is 2.19. The molecule has 0 rings (SSSR count). The maximum Gasteiger partial charge on any atom is 0.332 e. The molecule has 0 saturated carbocycles. The zero-order valence-electron chi connectivity index (χ0n) is 2.62. The van der Waals surface area contributed by atoms with Crippen molar-refractivity contribution in [2.24, 2.45) is 0 Å². The van der Waals surface area contributed by atoms with E-state index in [1.807, 2.05) is 0 Å². The summed E-state index contributed by atoms with van der Waals surface area (Å²) in [6.45, 7) is 0. The molecule has 36 valence electrons. The maximum absolute atomic E-state index is 9.75. The summed E-state index contributed by atoms with van der Waals surface area (Å²) in [4.78, 5) is 9.75. The van der Waals surface area contributed by atoms with Crippen molar-refractivity contribution in [1.82, 2.24) is 0 Å². The third-order valence-electron chi connectivity index (χ3n) is 0.134. The van der Waals surface area contributed by atoms with E-state index in [9.17, 15) is 4.79 Å². The zero-order valence-corrected chi connectivity index (χ0v) is 8.38. The van der Waals surface area contributed by atoms with E-state index in [-0.39, 0.29) is 0 Å². The molecule has 0 aliphatic carbocycles. The third-order valence-corrected chi connectivity index (χ3v) is 2.08. The molecular formula is CHBr3OSi. The second-order valence-electron chi connectivity index (χ2n) is 0.659. The van der Waals surface area contributed by atoms with E-state index in [1.165, 1.54) is 0 Å². The van der Waals surface area contributed by atoms with Gasteiger partial charge in [-0.15, -0.1) is 0 Å². The molecule has 0 N–H and O–H groups in total. The molecule has 0 amide bonds. The predicted molar refractivity (Wildman–Crippen MR) is 39.3 cm³/mol. The summed E-state index contributed by atoms with van der Waals surface area (Å²) in [5.74, 6) is 0.826. The van der Waals surface area contributed by atoms with E-state index in [0.29, 0.717) is 0 Å². The van der Waals surface area contributed by atoms with Crippen molar-refractivity contribution in [3.05, 3.63) is 0 Å². The fourth-order valence-electron chi connectivity index (χ4n) is 0. The van der Waals surface area contributed by atoms with Crippen LogP contribution in [0.2, 0.25) is 0 Å². The maximum atomic E-state index is 9.75. The van der Waals surface area contributed by atoms with Crippen LogP contribution in [0.5, 0.6) is 0 Å². The Labute approximate surface area is 60.2 Å². The molecule has 5 heteroatoms. The molecule has 0 bridgehead atoms. The Morgan fingerprint density at radius 2 is 1.50 bits per heavy atom. The molecule has 0 fully saturated rings. The number of carbonyl (C=O) groups is 1. The first kappa shape index (κ1) is 7.33. The van der Waals surface area contributed by atoms with Crippen LogP contribution in [0, 0.1) is 0 Å². The Morgan fingerprint density at radius 3 is 1.50 bits per heavy atom. The van der Waals surface area contributed by atoms with Crippen molar-refractivity contribution in [1.29, 1.82) is 0 Å². The molecule has 0 radical (unpaired) electrons. The smallest absolute Gasteiger partial charge is 0.305 e. The first-order chi connectivity index (χ1) is 2.56. The van der Waals surface area contributed by atoms with Gasteiger partial charge in [0, 0.05) is 0 Å². The molecule has 1 nitrogen and oxygen atoms in total. The molecule has 6 heavy (non-hydrogen) atoms. The van der Waals surface area contributed by atoms with Crippen molar-refractivity contribution in [3.8, 4) is 0 Å². The lowest BCUT2D eigenvalue weighted by Gasteiger charge is -1.90. The lowest BCUT2D eigenvalue weighted by atomic mass is 11.8. The first-order valence-electron chi connectivity index (χ1n) is 1.09. The topological polar surface area (TPSA) is 17.1 Å². The molecule has 0 atom stereocenters. The predicted octanol–water partition coefficient (Wildman–Crippen LogP) is 1.88. The summed E-state index contributed by atoms with van der Waals surface area (Å²) in [6.07, 6.45) is 0. The Kier molecular flexibility index (Phi) is 3.16. The number of carbonyl (C=O) groups excluding carboxylic acids is 1. The van der Waals surface area contributed by atoms with E-state index in [2.05, 4.69) is 45.9 Å². The standard InChI is InChI=1S/CHBr3OSi/c2-6(3,4)1-5/h1H. The van der Waals surface area contributed by atoms with E-state index in [1.54, 1.807) is 0 Å². The lowest BCUT2D eigenvalue weighted by Crippen LogP contribution is -2.06. The lowest BCUT2D eigenvalue weighted by molar-refractivity contribution is 0.568. The highest BCUT2D eigenvalue weighted by molar-refractivity contribution is 9.73. The summed E-state index contributed by atoms with van der Waals surface area (Å²) in [7, 11) is 0. The van der Waals surface area contributed by atoms with Crippen LogP contribution in [-0.4, -0.2) is 9.84 Å². The van der Waals surface area contributed by atoms with Crippen LogP contribution in [0.15, 0.2) is 0 Å².